The number of ether oxygens (including phenoxy) is 3. The van der Waals surface area contributed by atoms with Gasteiger partial charge in [0.1, 0.15) is 0 Å². The molecule has 0 bridgehead atoms. The smallest absolute Gasteiger partial charge is 0.255 e. The Kier molecular flexibility index (Phi) is 7.57. The van der Waals surface area contributed by atoms with E-state index in [4.69, 9.17) is 14.2 Å². The van der Waals surface area contributed by atoms with Crippen molar-refractivity contribution in [2.45, 2.75) is 25.7 Å². The van der Waals surface area contributed by atoms with Crippen LogP contribution in [0.2, 0.25) is 0 Å². The van der Waals surface area contributed by atoms with E-state index in [0.717, 1.165) is 18.0 Å². The summed E-state index contributed by atoms with van der Waals surface area (Å²) in [4.78, 5) is 15.1. The van der Waals surface area contributed by atoms with Gasteiger partial charge in [0.25, 0.3) is 5.91 Å². The van der Waals surface area contributed by atoms with Crippen LogP contribution in [0.15, 0.2) is 36.4 Å². The topological polar surface area (TPSA) is 60.0 Å². The minimum Gasteiger partial charge on any atom is -0.493 e. The van der Waals surface area contributed by atoms with Gasteiger partial charge in [-0.3, -0.25) is 4.79 Å². The van der Waals surface area contributed by atoms with Gasteiger partial charge in [-0.05, 0) is 81.6 Å². The summed E-state index contributed by atoms with van der Waals surface area (Å²) >= 11 is 0. The zero-order valence-corrected chi connectivity index (χ0v) is 18.4. The summed E-state index contributed by atoms with van der Waals surface area (Å²) in [6, 6.07) is 11.4. The summed E-state index contributed by atoms with van der Waals surface area (Å²) in [5, 5.41) is 2.94. The predicted octanol–water partition coefficient (Wildman–Crippen LogP) is 4.24. The molecule has 0 aliphatic carbocycles. The maximum absolute atomic E-state index is 12.7. The Hall–Kier alpha value is -2.73. The molecule has 0 radical (unpaired) electrons. The molecule has 162 valence electrons. The molecule has 1 aliphatic rings. The minimum atomic E-state index is -0.228. The molecule has 1 amide bonds. The number of rotatable bonds is 8. The number of piperidine rings is 1. The Morgan fingerprint density at radius 3 is 2.13 bits per heavy atom. The van der Waals surface area contributed by atoms with E-state index < -0.39 is 0 Å². The SMILES string of the molecule is COc1cc(C(=O)Nc2ccc(CCC3CCN(C)CC3)cc2)cc(OC)c1OC. The molecule has 1 N–H and O–H groups in total. The van der Waals surface area contributed by atoms with Crippen LogP contribution in [-0.4, -0.2) is 52.3 Å². The monoisotopic (exact) mass is 412 g/mol. The molecule has 0 aromatic heterocycles. The first-order chi connectivity index (χ1) is 14.5. The second-order valence-corrected chi connectivity index (χ2v) is 7.85. The number of methoxy groups -OCH3 is 3. The van der Waals surface area contributed by atoms with Crippen molar-refractivity contribution in [3.63, 3.8) is 0 Å². The third-order valence-electron chi connectivity index (χ3n) is 5.82. The van der Waals surface area contributed by atoms with Crippen molar-refractivity contribution in [3.05, 3.63) is 47.5 Å². The molecular weight excluding hydrogens is 380 g/mol. The third-order valence-corrected chi connectivity index (χ3v) is 5.82. The van der Waals surface area contributed by atoms with Crippen molar-refractivity contribution < 1.29 is 19.0 Å². The number of benzene rings is 2. The molecule has 3 rings (SSSR count). The van der Waals surface area contributed by atoms with Gasteiger partial charge < -0.3 is 24.4 Å². The molecule has 2 aromatic carbocycles. The lowest BCUT2D eigenvalue weighted by Gasteiger charge is -2.28. The van der Waals surface area contributed by atoms with E-state index in [1.54, 1.807) is 12.1 Å². The number of hydrogen-bond donors (Lipinski definition) is 1. The maximum atomic E-state index is 12.7. The second-order valence-electron chi connectivity index (χ2n) is 7.85. The van der Waals surface area contributed by atoms with Crippen LogP contribution in [0.1, 0.15) is 35.2 Å². The molecular formula is C24H32N2O4. The fourth-order valence-electron chi connectivity index (χ4n) is 3.89. The van der Waals surface area contributed by atoms with Gasteiger partial charge in [-0.25, -0.2) is 0 Å². The lowest BCUT2D eigenvalue weighted by atomic mass is 9.91. The zero-order valence-electron chi connectivity index (χ0n) is 18.4. The van der Waals surface area contributed by atoms with Gasteiger partial charge in [0.15, 0.2) is 11.5 Å². The van der Waals surface area contributed by atoms with E-state index in [1.165, 1.54) is 59.2 Å². The predicted molar refractivity (Wildman–Crippen MR) is 119 cm³/mol. The van der Waals surface area contributed by atoms with Gasteiger partial charge in [0.05, 0.1) is 21.3 Å². The molecule has 6 nitrogen and oxygen atoms in total. The van der Waals surface area contributed by atoms with Gasteiger partial charge >= 0.3 is 0 Å². The molecule has 0 saturated carbocycles. The summed E-state index contributed by atoms with van der Waals surface area (Å²) in [5.74, 6) is 1.96. The van der Waals surface area contributed by atoms with E-state index in [2.05, 4.69) is 29.4 Å². The average Bonchev–Trinajstić information content (AvgIpc) is 2.78. The standard InChI is InChI=1S/C24H32N2O4/c1-26-13-11-18(12-14-26)6-5-17-7-9-20(10-8-17)25-24(27)19-15-21(28-2)23(30-4)22(16-19)29-3/h7-10,15-16,18H,5-6,11-14H2,1-4H3,(H,25,27). The van der Waals surface area contributed by atoms with Crippen LogP contribution in [-0.2, 0) is 6.42 Å². The largest absolute Gasteiger partial charge is 0.493 e. The van der Waals surface area contributed by atoms with Crippen LogP contribution in [0.4, 0.5) is 5.69 Å². The van der Waals surface area contributed by atoms with Crippen molar-refractivity contribution >= 4 is 11.6 Å². The van der Waals surface area contributed by atoms with Crippen LogP contribution in [0.25, 0.3) is 0 Å². The lowest BCUT2D eigenvalue weighted by molar-refractivity contribution is 0.102. The Morgan fingerprint density at radius 2 is 1.60 bits per heavy atom. The number of hydrogen-bond acceptors (Lipinski definition) is 5. The summed E-state index contributed by atoms with van der Waals surface area (Å²) in [5.41, 5.74) is 2.51. The van der Waals surface area contributed by atoms with Gasteiger partial charge in [-0.15, -0.1) is 0 Å². The van der Waals surface area contributed by atoms with Crippen LogP contribution < -0.4 is 19.5 Å². The summed E-state index contributed by atoms with van der Waals surface area (Å²) in [7, 11) is 6.79. The average molecular weight is 413 g/mol. The summed E-state index contributed by atoms with van der Waals surface area (Å²) in [6.45, 7) is 2.41. The highest BCUT2D eigenvalue weighted by atomic mass is 16.5. The molecule has 30 heavy (non-hydrogen) atoms. The van der Waals surface area contributed by atoms with E-state index in [0.29, 0.717) is 22.8 Å². The molecule has 0 atom stereocenters. The van der Waals surface area contributed by atoms with E-state index in [9.17, 15) is 4.79 Å². The zero-order chi connectivity index (χ0) is 21.5. The van der Waals surface area contributed by atoms with Gasteiger partial charge in [0.2, 0.25) is 5.75 Å². The van der Waals surface area contributed by atoms with Crippen LogP contribution in [0.5, 0.6) is 17.2 Å². The number of aryl methyl sites for hydroxylation is 1. The number of carbonyl (C=O) groups excluding carboxylic acids is 1. The van der Waals surface area contributed by atoms with E-state index in [-0.39, 0.29) is 5.91 Å². The third kappa shape index (κ3) is 5.45. The molecule has 0 unspecified atom stereocenters. The quantitative estimate of drug-likeness (QED) is 0.703. The Balaban J connectivity index is 1.60. The van der Waals surface area contributed by atoms with Crippen LogP contribution in [0.3, 0.4) is 0 Å². The van der Waals surface area contributed by atoms with Crippen molar-refractivity contribution in [1.82, 2.24) is 4.90 Å². The van der Waals surface area contributed by atoms with E-state index >= 15 is 0 Å². The Bertz CT molecular complexity index is 818. The van der Waals surface area contributed by atoms with Crippen molar-refractivity contribution in [3.8, 4) is 17.2 Å². The van der Waals surface area contributed by atoms with Crippen LogP contribution >= 0.6 is 0 Å². The number of amides is 1. The van der Waals surface area contributed by atoms with Gasteiger partial charge in [-0.1, -0.05) is 12.1 Å². The summed E-state index contributed by atoms with van der Waals surface area (Å²) < 4.78 is 16.0. The summed E-state index contributed by atoms with van der Waals surface area (Å²) in [6.07, 6.45) is 4.89. The lowest BCUT2D eigenvalue weighted by Crippen LogP contribution is -2.30. The first kappa shape index (κ1) is 22.0. The Morgan fingerprint density at radius 1 is 1.00 bits per heavy atom. The van der Waals surface area contributed by atoms with E-state index in [1.807, 2.05) is 12.1 Å². The first-order valence-corrected chi connectivity index (χ1v) is 10.4. The Labute approximate surface area is 179 Å². The molecule has 0 spiro atoms. The van der Waals surface area contributed by atoms with Gasteiger partial charge in [-0.2, -0.15) is 0 Å². The fourth-order valence-corrected chi connectivity index (χ4v) is 3.89. The number of carbonyl (C=O) groups is 1. The molecule has 1 fully saturated rings. The van der Waals surface area contributed by atoms with Crippen molar-refractivity contribution in [2.24, 2.45) is 5.92 Å². The molecule has 1 saturated heterocycles. The minimum absolute atomic E-state index is 0.228. The first-order valence-electron chi connectivity index (χ1n) is 10.4. The molecule has 6 heteroatoms. The number of anilines is 1. The normalized spacial score (nSPS) is 14.9. The maximum Gasteiger partial charge on any atom is 0.255 e. The molecule has 1 aliphatic heterocycles. The van der Waals surface area contributed by atoms with Crippen molar-refractivity contribution in [2.75, 3.05) is 46.8 Å². The highest BCUT2D eigenvalue weighted by Crippen LogP contribution is 2.38. The van der Waals surface area contributed by atoms with Gasteiger partial charge in [0, 0.05) is 11.3 Å². The second kappa shape index (κ2) is 10.3. The molecule has 2 aromatic rings. The highest BCUT2D eigenvalue weighted by Gasteiger charge is 2.18. The van der Waals surface area contributed by atoms with Crippen LogP contribution in [0, 0.1) is 5.92 Å². The number of nitrogens with one attached hydrogen (secondary N) is 1. The van der Waals surface area contributed by atoms with Crippen molar-refractivity contribution in [1.29, 1.82) is 0 Å². The highest BCUT2D eigenvalue weighted by molar-refractivity contribution is 6.05. The number of nitrogens with zero attached hydrogens (tertiary/aromatic N) is 1. The fraction of sp³-hybridized carbons (Fsp3) is 0.458. The number of likely N-dealkylation sites (tertiary alicyclic amines) is 1. The molecule has 1 heterocycles.